The van der Waals surface area contributed by atoms with Gasteiger partial charge in [-0.25, -0.2) is 9.37 Å². The zero-order valence-corrected chi connectivity index (χ0v) is 20.4. The molecule has 1 saturated carbocycles. The second-order valence-corrected chi connectivity index (χ2v) is 9.63. The summed E-state index contributed by atoms with van der Waals surface area (Å²) in [7, 11) is 1.73. The molecule has 8 heteroatoms. The van der Waals surface area contributed by atoms with E-state index < -0.39 is 0 Å². The lowest BCUT2D eigenvalue weighted by Crippen LogP contribution is -2.42. The van der Waals surface area contributed by atoms with Crippen LogP contribution >= 0.6 is 0 Å². The molecule has 1 saturated heterocycles. The second-order valence-electron chi connectivity index (χ2n) is 9.63. The molecule has 0 spiro atoms. The summed E-state index contributed by atoms with van der Waals surface area (Å²) < 4.78 is 25.4. The fraction of sp³-hybridized carbons (Fsp3) is 0.615. The Labute approximate surface area is 202 Å². The third-order valence-corrected chi connectivity index (χ3v) is 6.84. The summed E-state index contributed by atoms with van der Waals surface area (Å²) in [6, 6.07) is 6.84. The van der Waals surface area contributed by atoms with Crippen LogP contribution < -0.4 is 16.0 Å². The predicted octanol–water partition coefficient (Wildman–Crippen LogP) is 4.47. The molecule has 186 valence electrons. The molecule has 34 heavy (non-hydrogen) atoms. The highest BCUT2D eigenvalue weighted by atomic mass is 19.1. The Kier molecular flexibility index (Phi) is 9.07. The highest BCUT2D eigenvalue weighted by molar-refractivity contribution is 5.67. The van der Waals surface area contributed by atoms with Crippen LogP contribution in [0.1, 0.15) is 45.4 Å². The molecule has 0 radical (unpaired) electrons. The lowest BCUT2D eigenvalue weighted by atomic mass is 9.90. The van der Waals surface area contributed by atoms with E-state index in [1.807, 2.05) is 12.1 Å². The second kappa shape index (κ2) is 12.4. The van der Waals surface area contributed by atoms with E-state index in [1.54, 1.807) is 19.4 Å². The first-order chi connectivity index (χ1) is 16.6. The molecule has 2 aromatic heterocycles. The number of methoxy groups -OCH3 is 1. The Morgan fingerprint density at radius 2 is 1.85 bits per heavy atom. The van der Waals surface area contributed by atoms with Gasteiger partial charge in [-0.2, -0.15) is 0 Å². The highest BCUT2D eigenvalue weighted by Crippen LogP contribution is 2.28. The van der Waals surface area contributed by atoms with Crippen LogP contribution in [0.3, 0.4) is 0 Å². The van der Waals surface area contributed by atoms with Crippen LogP contribution in [0.2, 0.25) is 0 Å². The number of anilines is 2. The molecule has 2 aromatic rings. The summed E-state index contributed by atoms with van der Waals surface area (Å²) in [5.74, 6) is 0.940. The maximum Gasteiger partial charge on any atom is 0.151 e. The van der Waals surface area contributed by atoms with Gasteiger partial charge in [-0.1, -0.05) is 0 Å². The van der Waals surface area contributed by atoms with Gasteiger partial charge in [-0.15, -0.1) is 0 Å². The predicted molar refractivity (Wildman–Crippen MR) is 134 cm³/mol. The highest BCUT2D eigenvalue weighted by Gasteiger charge is 2.23. The van der Waals surface area contributed by atoms with Gasteiger partial charge in [-0.05, 0) is 69.6 Å². The zero-order chi connectivity index (χ0) is 23.8. The Morgan fingerprint density at radius 3 is 2.62 bits per heavy atom. The summed E-state index contributed by atoms with van der Waals surface area (Å²) in [6.07, 6.45) is 9.47. The van der Waals surface area contributed by atoms with Gasteiger partial charge in [0.05, 0.1) is 18.5 Å². The van der Waals surface area contributed by atoms with Gasteiger partial charge < -0.3 is 25.4 Å². The molecule has 0 amide bonds. The molecule has 4 rings (SSSR count). The molecule has 7 nitrogen and oxygen atoms in total. The summed E-state index contributed by atoms with van der Waals surface area (Å²) in [6.45, 7) is 5.43. The normalized spacial score (nSPS) is 22.3. The number of nitrogens with zero attached hydrogens (tertiary/aromatic N) is 2. The van der Waals surface area contributed by atoms with Gasteiger partial charge in [0, 0.05) is 62.4 Å². The van der Waals surface area contributed by atoms with Crippen LogP contribution in [0, 0.1) is 11.7 Å². The number of nitrogens with one attached hydrogen (secondary N) is 3. The molecule has 2 fully saturated rings. The SMILES string of the molecule is COCC(C)NC1CCC(Nc2cc(-c3cc(NCC4CCOCC4)ccn3)c(F)cn2)CC1. The molecular weight excluding hydrogens is 433 g/mol. The van der Waals surface area contributed by atoms with Crippen molar-refractivity contribution in [3.8, 4) is 11.3 Å². The van der Waals surface area contributed by atoms with E-state index in [0.717, 1.165) is 70.6 Å². The zero-order valence-electron chi connectivity index (χ0n) is 20.4. The largest absolute Gasteiger partial charge is 0.385 e. The fourth-order valence-electron chi connectivity index (χ4n) is 4.93. The van der Waals surface area contributed by atoms with E-state index in [2.05, 4.69) is 32.8 Å². The van der Waals surface area contributed by atoms with Crippen molar-refractivity contribution in [1.82, 2.24) is 15.3 Å². The first kappa shape index (κ1) is 24.8. The van der Waals surface area contributed by atoms with E-state index in [-0.39, 0.29) is 5.82 Å². The third kappa shape index (κ3) is 7.10. The minimum absolute atomic E-state index is 0.335. The van der Waals surface area contributed by atoms with E-state index in [4.69, 9.17) is 9.47 Å². The number of ether oxygens (including phenoxy) is 2. The van der Waals surface area contributed by atoms with Crippen LogP contribution in [-0.2, 0) is 9.47 Å². The van der Waals surface area contributed by atoms with Gasteiger partial charge in [0.15, 0.2) is 5.82 Å². The van der Waals surface area contributed by atoms with E-state index in [1.165, 1.54) is 6.20 Å². The van der Waals surface area contributed by atoms with Crippen molar-refractivity contribution in [2.75, 3.05) is 44.1 Å². The van der Waals surface area contributed by atoms with Gasteiger partial charge >= 0.3 is 0 Å². The van der Waals surface area contributed by atoms with Gasteiger partial charge in [-0.3, -0.25) is 4.98 Å². The summed E-state index contributed by atoms with van der Waals surface area (Å²) in [4.78, 5) is 8.73. The molecule has 3 N–H and O–H groups in total. The number of aromatic nitrogens is 2. The lowest BCUT2D eigenvalue weighted by molar-refractivity contribution is 0.0699. The van der Waals surface area contributed by atoms with Crippen molar-refractivity contribution in [2.45, 2.75) is 63.6 Å². The van der Waals surface area contributed by atoms with Gasteiger partial charge in [0.1, 0.15) is 5.82 Å². The monoisotopic (exact) mass is 471 g/mol. The van der Waals surface area contributed by atoms with Crippen LogP contribution in [0.4, 0.5) is 15.9 Å². The smallest absolute Gasteiger partial charge is 0.151 e. The molecule has 0 bridgehead atoms. The quantitative estimate of drug-likeness (QED) is 0.472. The van der Waals surface area contributed by atoms with Crippen molar-refractivity contribution in [1.29, 1.82) is 0 Å². The van der Waals surface area contributed by atoms with Gasteiger partial charge in [0.2, 0.25) is 0 Å². The van der Waals surface area contributed by atoms with Crippen LogP contribution in [-0.4, -0.2) is 61.6 Å². The minimum Gasteiger partial charge on any atom is -0.385 e. The Balaban J connectivity index is 1.34. The fourth-order valence-corrected chi connectivity index (χ4v) is 4.93. The van der Waals surface area contributed by atoms with Crippen molar-refractivity contribution in [3.63, 3.8) is 0 Å². The number of rotatable bonds is 10. The number of hydrogen-bond donors (Lipinski definition) is 3. The van der Waals surface area contributed by atoms with Crippen LogP contribution in [0.15, 0.2) is 30.6 Å². The number of halogens is 1. The van der Waals surface area contributed by atoms with Crippen LogP contribution in [0.5, 0.6) is 0 Å². The number of pyridine rings is 2. The maximum atomic E-state index is 14.7. The molecular formula is C26H38FN5O2. The molecule has 0 aromatic carbocycles. The van der Waals surface area contributed by atoms with Crippen molar-refractivity contribution < 1.29 is 13.9 Å². The van der Waals surface area contributed by atoms with Crippen molar-refractivity contribution in [2.24, 2.45) is 5.92 Å². The van der Waals surface area contributed by atoms with E-state index in [0.29, 0.717) is 41.1 Å². The Morgan fingerprint density at radius 1 is 1.09 bits per heavy atom. The van der Waals surface area contributed by atoms with E-state index in [9.17, 15) is 4.39 Å². The average molecular weight is 472 g/mol. The van der Waals surface area contributed by atoms with Crippen molar-refractivity contribution in [3.05, 3.63) is 36.4 Å². The topological polar surface area (TPSA) is 80.3 Å². The molecule has 1 atom stereocenters. The minimum atomic E-state index is -0.361. The standard InChI is InChI=1S/C26H38FN5O2/c1-18(17-33-2)31-20-3-5-21(6-4-20)32-26-14-23(24(27)16-30-26)25-13-22(7-10-28-25)29-15-19-8-11-34-12-9-19/h7,10,13-14,16,18-21,31H,3-6,8-9,11-12,15,17H2,1-2H3,(H,28,29)(H,30,32). The first-order valence-electron chi connectivity index (χ1n) is 12.6. The van der Waals surface area contributed by atoms with Crippen molar-refractivity contribution >= 4 is 11.5 Å². The first-order valence-corrected chi connectivity index (χ1v) is 12.6. The summed E-state index contributed by atoms with van der Waals surface area (Å²) >= 11 is 0. The summed E-state index contributed by atoms with van der Waals surface area (Å²) in [5.41, 5.74) is 2.03. The van der Waals surface area contributed by atoms with Crippen LogP contribution in [0.25, 0.3) is 11.3 Å². The maximum absolute atomic E-state index is 14.7. The van der Waals surface area contributed by atoms with E-state index >= 15 is 0 Å². The Bertz CT molecular complexity index is 901. The van der Waals surface area contributed by atoms with Gasteiger partial charge in [0.25, 0.3) is 0 Å². The molecule has 1 unspecified atom stereocenters. The molecule has 1 aliphatic heterocycles. The molecule has 1 aliphatic carbocycles. The summed E-state index contributed by atoms with van der Waals surface area (Å²) in [5, 5.41) is 10.6. The average Bonchev–Trinajstić information content (AvgIpc) is 2.86. The Hall–Kier alpha value is -2.29. The number of hydrogen-bond acceptors (Lipinski definition) is 7. The lowest BCUT2D eigenvalue weighted by Gasteiger charge is -2.31. The molecule has 2 aliphatic rings. The molecule has 3 heterocycles. The third-order valence-electron chi connectivity index (χ3n) is 6.84.